The summed E-state index contributed by atoms with van der Waals surface area (Å²) >= 11 is 2.39. The smallest absolute Gasteiger partial charge is 0.118 e. The number of nitrogens with one attached hydrogen (secondary N) is 1. The highest BCUT2D eigenvalue weighted by atomic mass is 127. The molecule has 1 N–H and O–H groups in total. The van der Waals surface area contributed by atoms with E-state index >= 15 is 0 Å². The number of benzene rings is 2. The van der Waals surface area contributed by atoms with Crippen molar-refractivity contribution in [1.82, 2.24) is 0 Å². The van der Waals surface area contributed by atoms with Crippen LogP contribution in [0.15, 0.2) is 48.5 Å². The molecule has 3 rings (SSSR count). The van der Waals surface area contributed by atoms with E-state index in [1.54, 1.807) is 7.11 Å². The molecule has 1 aliphatic rings. The van der Waals surface area contributed by atoms with Crippen LogP contribution in [-0.2, 0) is 0 Å². The van der Waals surface area contributed by atoms with Gasteiger partial charge in [0.1, 0.15) is 5.75 Å². The Morgan fingerprint density at radius 1 is 1.10 bits per heavy atom. The zero-order valence-corrected chi connectivity index (χ0v) is 13.6. The molecule has 0 spiro atoms. The van der Waals surface area contributed by atoms with Gasteiger partial charge < -0.3 is 10.1 Å². The van der Waals surface area contributed by atoms with Crippen molar-refractivity contribution < 1.29 is 4.74 Å². The molecular formula is C17H18INO. The van der Waals surface area contributed by atoms with Crippen molar-refractivity contribution in [3.8, 4) is 5.75 Å². The second kappa shape index (κ2) is 6.04. The summed E-state index contributed by atoms with van der Waals surface area (Å²) in [6.07, 6.45) is 2.63. The van der Waals surface area contributed by atoms with E-state index in [1.807, 2.05) is 12.1 Å². The Hall–Kier alpha value is -1.23. The molecule has 0 aliphatic heterocycles. The van der Waals surface area contributed by atoms with Crippen LogP contribution in [0.25, 0.3) is 0 Å². The number of ether oxygens (including phenoxy) is 1. The second-order valence-electron chi connectivity index (χ2n) is 5.21. The fraction of sp³-hybridized carbons (Fsp3) is 0.294. The van der Waals surface area contributed by atoms with Crippen LogP contribution in [0.3, 0.4) is 0 Å². The summed E-state index contributed by atoms with van der Waals surface area (Å²) in [5.41, 5.74) is 2.56. The molecule has 0 bridgehead atoms. The van der Waals surface area contributed by atoms with Crippen molar-refractivity contribution in [1.29, 1.82) is 0 Å². The topological polar surface area (TPSA) is 21.3 Å². The molecule has 1 atom stereocenters. The lowest BCUT2D eigenvalue weighted by Gasteiger charge is -2.21. The fourth-order valence-corrected chi connectivity index (χ4v) is 3.00. The summed E-state index contributed by atoms with van der Waals surface area (Å²) < 4.78 is 6.51. The van der Waals surface area contributed by atoms with E-state index in [4.69, 9.17) is 4.74 Å². The summed E-state index contributed by atoms with van der Waals surface area (Å²) in [7, 11) is 1.71. The summed E-state index contributed by atoms with van der Waals surface area (Å²) in [6.45, 7) is 0. The molecule has 1 saturated carbocycles. The lowest BCUT2D eigenvalue weighted by atomic mass is 10.0. The monoisotopic (exact) mass is 379 g/mol. The van der Waals surface area contributed by atoms with Crippen LogP contribution >= 0.6 is 22.6 Å². The standard InChI is InChI=1S/C17H18INO/c1-20-14-10-8-13(9-11-14)17(12-6-7-12)19-16-5-3-2-4-15(16)18/h2-5,8-12,17,19H,6-7H2,1H3. The number of hydrogen-bond acceptors (Lipinski definition) is 2. The maximum atomic E-state index is 5.24. The third-order valence-corrected chi connectivity index (χ3v) is 4.69. The van der Waals surface area contributed by atoms with Crippen molar-refractivity contribution >= 4 is 28.3 Å². The van der Waals surface area contributed by atoms with Gasteiger partial charge in [-0.05, 0) is 71.2 Å². The minimum atomic E-state index is 0.400. The van der Waals surface area contributed by atoms with E-state index in [9.17, 15) is 0 Å². The van der Waals surface area contributed by atoms with Crippen LogP contribution in [0.5, 0.6) is 5.75 Å². The van der Waals surface area contributed by atoms with Crippen molar-refractivity contribution in [2.24, 2.45) is 5.92 Å². The van der Waals surface area contributed by atoms with Crippen LogP contribution in [-0.4, -0.2) is 7.11 Å². The van der Waals surface area contributed by atoms with Crippen molar-refractivity contribution in [3.63, 3.8) is 0 Å². The number of hydrogen-bond donors (Lipinski definition) is 1. The van der Waals surface area contributed by atoms with Gasteiger partial charge in [-0.15, -0.1) is 0 Å². The zero-order valence-electron chi connectivity index (χ0n) is 11.5. The van der Waals surface area contributed by atoms with E-state index < -0.39 is 0 Å². The predicted molar refractivity (Wildman–Crippen MR) is 91.2 cm³/mol. The number of para-hydroxylation sites is 1. The highest BCUT2D eigenvalue weighted by molar-refractivity contribution is 14.1. The van der Waals surface area contributed by atoms with Gasteiger partial charge >= 0.3 is 0 Å². The summed E-state index contributed by atoms with van der Waals surface area (Å²) in [5.74, 6) is 1.66. The second-order valence-corrected chi connectivity index (χ2v) is 6.37. The molecule has 2 nitrogen and oxygen atoms in total. The predicted octanol–water partition coefficient (Wildman–Crippen LogP) is 4.86. The Morgan fingerprint density at radius 3 is 2.40 bits per heavy atom. The fourth-order valence-electron chi connectivity index (χ4n) is 2.46. The SMILES string of the molecule is COc1ccc(C(Nc2ccccc2I)C2CC2)cc1. The first-order valence-corrected chi connectivity index (χ1v) is 8.01. The summed E-state index contributed by atoms with van der Waals surface area (Å²) in [5, 5.41) is 3.71. The molecule has 20 heavy (non-hydrogen) atoms. The van der Waals surface area contributed by atoms with Crippen LogP contribution in [0.2, 0.25) is 0 Å². The lowest BCUT2D eigenvalue weighted by molar-refractivity contribution is 0.414. The molecular weight excluding hydrogens is 361 g/mol. The molecule has 2 aromatic rings. The minimum absolute atomic E-state index is 0.400. The molecule has 1 aliphatic carbocycles. The Bertz CT molecular complexity index is 578. The average molecular weight is 379 g/mol. The molecule has 2 aromatic carbocycles. The van der Waals surface area contributed by atoms with Crippen LogP contribution < -0.4 is 10.1 Å². The highest BCUT2D eigenvalue weighted by Gasteiger charge is 2.32. The Morgan fingerprint density at radius 2 is 1.80 bits per heavy atom. The maximum absolute atomic E-state index is 5.24. The van der Waals surface area contributed by atoms with Gasteiger partial charge in [0.15, 0.2) is 0 Å². The zero-order chi connectivity index (χ0) is 13.9. The van der Waals surface area contributed by atoms with Crippen molar-refractivity contribution in [2.45, 2.75) is 18.9 Å². The number of methoxy groups -OCH3 is 1. The largest absolute Gasteiger partial charge is 0.497 e. The third kappa shape index (κ3) is 3.08. The number of rotatable bonds is 5. The lowest BCUT2D eigenvalue weighted by Crippen LogP contribution is -2.13. The van der Waals surface area contributed by atoms with Crippen LogP contribution in [0.1, 0.15) is 24.4 Å². The van der Waals surface area contributed by atoms with Crippen LogP contribution in [0, 0.1) is 9.49 Å². The van der Waals surface area contributed by atoms with E-state index in [2.05, 4.69) is 64.3 Å². The van der Waals surface area contributed by atoms with Crippen LogP contribution in [0.4, 0.5) is 5.69 Å². The quantitative estimate of drug-likeness (QED) is 0.749. The molecule has 1 unspecified atom stereocenters. The van der Waals surface area contributed by atoms with E-state index in [0.29, 0.717) is 6.04 Å². The molecule has 0 saturated heterocycles. The van der Waals surface area contributed by atoms with Gasteiger partial charge in [0.2, 0.25) is 0 Å². The van der Waals surface area contributed by atoms with Gasteiger partial charge in [0.05, 0.1) is 13.2 Å². The normalized spacial score (nSPS) is 15.7. The van der Waals surface area contributed by atoms with Gasteiger partial charge in [0.25, 0.3) is 0 Å². The summed E-state index contributed by atoms with van der Waals surface area (Å²) in [4.78, 5) is 0. The van der Waals surface area contributed by atoms with Gasteiger partial charge in [0, 0.05) is 9.26 Å². The third-order valence-electron chi connectivity index (χ3n) is 3.75. The minimum Gasteiger partial charge on any atom is -0.497 e. The molecule has 1 fully saturated rings. The summed E-state index contributed by atoms with van der Waals surface area (Å²) in [6, 6.07) is 17.3. The van der Waals surface area contributed by atoms with Gasteiger partial charge in [-0.2, -0.15) is 0 Å². The molecule has 3 heteroatoms. The Balaban J connectivity index is 1.83. The first-order valence-electron chi connectivity index (χ1n) is 6.93. The Labute approximate surface area is 133 Å². The molecule has 0 amide bonds. The van der Waals surface area contributed by atoms with Crippen molar-refractivity contribution in [2.75, 3.05) is 12.4 Å². The highest BCUT2D eigenvalue weighted by Crippen LogP contribution is 2.43. The first kappa shape index (κ1) is 13.7. The number of anilines is 1. The van der Waals surface area contributed by atoms with Gasteiger partial charge in [-0.1, -0.05) is 24.3 Å². The Kier molecular flexibility index (Phi) is 4.15. The molecule has 0 radical (unpaired) electrons. The maximum Gasteiger partial charge on any atom is 0.118 e. The molecule has 0 aromatic heterocycles. The number of halogens is 1. The molecule has 104 valence electrons. The van der Waals surface area contributed by atoms with Gasteiger partial charge in [-0.3, -0.25) is 0 Å². The average Bonchev–Trinajstić information content (AvgIpc) is 3.31. The van der Waals surface area contributed by atoms with E-state index in [-0.39, 0.29) is 0 Å². The van der Waals surface area contributed by atoms with Gasteiger partial charge in [-0.25, -0.2) is 0 Å². The molecule has 0 heterocycles. The van der Waals surface area contributed by atoms with E-state index in [1.165, 1.54) is 27.7 Å². The first-order chi connectivity index (χ1) is 9.78. The van der Waals surface area contributed by atoms with Crippen molar-refractivity contribution in [3.05, 3.63) is 57.7 Å². The van der Waals surface area contributed by atoms with E-state index in [0.717, 1.165) is 11.7 Å².